The fourth-order valence-corrected chi connectivity index (χ4v) is 3.06. The summed E-state index contributed by atoms with van der Waals surface area (Å²) in [5.74, 6) is -0.311. The van der Waals surface area contributed by atoms with Crippen LogP contribution in [0.3, 0.4) is 0 Å². The summed E-state index contributed by atoms with van der Waals surface area (Å²) in [7, 11) is 0. The van der Waals surface area contributed by atoms with Gasteiger partial charge in [-0.2, -0.15) is 0 Å². The summed E-state index contributed by atoms with van der Waals surface area (Å²) in [6.45, 7) is 2.74. The maximum absolute atomic E-state index is 12.3. The Kier molecular flexibility index (Phi) is 4.74. The zero-order chi connectivity index (χ0) is 16.4. The number of ether oxygens (including phenoxy) is 1. The van der Waals surface area contributed by atoms with Crippen molar-refractivity contribution in [2.75, 3.05) is 6.61 Å². The Balaban J connectivity index is 2.09. The molecule has 0 radical (unpaired) electrons. The molecule has 1 heterocycles. The summed E-state index contributed by atoms with van der Waals surface area (Å²) in [5.41, 5.74) is 2.61. The zero-order valence-electron chi connectivity index (χ0n) is 12.6. The molecular formula is C18H15BrClNO2. The minimum atomic E-state index is -0.311. The van der Waals surface area contributed by atoms with Crippen LogP contribution in [-0.2, 0) is 11.3 Å². The van der Waals surface area contributed by atoms with Crippen molar-refractivity contribution in [3.05, 3.63) is 69.3 Å². The van der Waals surface area contributed by atoms with Crippen molar-refractivity contribution in [2.45, 2.75) is 13.5 Å². The molecule has 0 saturated heterocycles. The summed E-state index contributed by atoms with van der Waals surface area (Å²) < 4.78 is 8.14. The van der Waals surface area contributed by atoms with Gasteiger partial charge in [-0.25, -0.2) is 4.79 Å². The van der Waals surface area contributed by atoms with E-state index < -0.39 is 0 Å². The van der Waals surface area contributed by atoms with Crippen LogP contribution < -0.4 is 0 Å². The summed E-state index contributed by atoms with van der Waals surface area (Å²) >= 11 is 9.41. The maximum atomic E-state index is 12.3. The topological polar surface area (TPSA) is 31.2 Å². The quantitative estimate of drug-likeness (QED) is 0.565. The van der Waals surface area contributed by atoms with Gasteiger partial charge in [0.2, 0.25) is 0 Å². The summed E-state index contributed by atoms with van der Waals surface area (Å²) in [4.78, 5) is 12.3. The van der Waals surface area contributed by atoms with E-state index in [2.05, 4.69) is 15.9 Å². The van der Waals surface area contributed by atoms with E-state index in [0.29, 0.717) is 23.9 Å². The summed E-state index contributed by atoms with van der Waals surface area (Å²) in [6, 6.07) is 15.5. The molecular weight excluding hydrogens is 378 g/mol. The highest BCUT2D eigenvalue weighted by Crippen LogP contribution is 2.25. The number of hydrogen-bond donors (Lipinski definition) is 0. The molecule has 0 amide bonds. The van der Waals surface area contributed by atoms with Gasteiger partial charge in [0, 0.05) is 26.9 Å². The van der Waals surface area contributed by atoms with Crippen LogP contribution in [0.2, 0.25) is 5.02 Å². The van der Waals surface area contributed by atoms with E-state index in [1.807, 2.05) is 53.1 Å². The molecule has 0 aliphatic heterocycles. The minimum Gasteiger partial charge on any atom is -0.461 e. The fraction of sp³-hybridized carbons (Fsp3) is 0.167. The second kappa shape index (κ2) is 6.77. The predicted molar refractivity (Wildman–Crippen MR) is 96.1 cm³/mol. The number of benzene rings is 2. The molecule has 2 aromatic carbocycles. The lowest BCUT2D eigenvalue weighted by Crippen LogP contribution is -2.12. The molecule has 0 bridgehead atoms. The normalized spacial score (nSPS) is 10.9. The first-order valence-electron chi connectivity index (χ1n) is 7.29. The monoisotopic (exact) mass is 391 g/mol. The van der Waals surface area contributed by atoms with E-state index in [9.17, 15) is 4.79 Å². The third-order valence-corrected chi connectivity index (χ3v) is 4.35. The van der Waals surface area contributed by atoms with Crippen molar-refractivity contribution < 1.29 is 9.53 Å². The number of halogens is 2. The van der Waals surface area contributed by atoms with E-state index in [1.165, 1.54) is 0 Å². The molecule has 23 heavy (non-hydrogen) atoms. The van der Waals surface area contributed by atoms with Gasteiger partial charge in [-0.1, -0.05) is 39.7 Å². The summed E-state index contributed by atoms with van der Waals surface area (Å²) in [5, 5.41) is 1.69. The molecule has 5 heteroatoms. The molecule has 3 aromatic rings. The van der Waals surface area contributed by atoms with Gasteiger partial charge in [0.25, 0.3) is 0 Å². The van der Waals surface area contributed by atoms with Crippen molar-refractivity contribution in [1.29, 1.82) is 0 Å². The lowest BCUT2D eigenvalue weighted by atomic mass is 10.2. The first kappa shape index (κ1) is 16.1. The van der Waals surface area contributed by atoms with Gasteiger partial charge in [-0.05, 0) is 48.9 Å². The Morgan fingerprint density at radius 3 is 2.61 bits per heavy atom. The van der Waals surface area contributed by atoms with Crippen LogP contribution in [0.1, 0.15) is 23.0 Å². The van der Waals surface area contributed by atoms with E-state index in [1.54, 1.807) is 6.92 Å². The minimum absolute atomic E-state index is 0.311. The Bertz CT molecular complexity index is 855. The second-order valence-corrected chi connectivity index (χ2v) is 6.52. The van der Waals surface area contributed by atoms with Gasteiger partial charge in [-0.3, -0.25) is 0 Å². The second-order valence-electron chi connectivity index (χ2n) is 5.17. The molecule has 0 aliphatic carbocycles. The molecule has 0 aliphatic rings. The van der Waals surface area contributed by atoms with Crippen LogP contribution in [0.4, 0.5) is 0 Å². The molecule has 0 unspecified atom stereocenters. The first-order valence-corrected chi connectivity index (χ1v) is 8.46. The lowest BCUT2D eigenvalue weighted by molar-refractivity contribution is 0.0515. The Morgan fingerprint density at radius 1 is 1.17 bits per heavy atom. The van der Waals surface area contributed by atoms with Gasteiger partial charge in [0.15, 0.2) is 0 Å². The zero-order valence-corrected chi connectivity index (χ0v) is 14.9. The van der Waals surface area contributed by atoms with Crippen LogP contribution >= 0.6 is 27.5 Å². The number of fused-ring (bicyclic) bond motifs is 1. The van der Waals surface area contributed by atoms with Crippen molar-refractivity contribution >= 4 is 44.4 Å². The van der Waals surface area contributed by atoms with Crippen LogP contribution in [-0.4, -0.2) is 17.1 Å². The molecule has 0 fully saturated rings. The smallest absolute Gasteiger partial charge is 0.354 e. The highest BCUT2D eigenvalue weighted by atomic mass is 79.9. The Hall–Kier alpha value is -1.78. The van der Waals surface area contributed by atoms with Crippen molar-refractivity contribution in [3.8, 4) is 0 Å². The highest BCUT2D eigenvalue weighted by Gasteiger charge is 2.17. The molecule has 0 saturated carbocycles. The van der Waals surface area contributed by atoms with E-state index in [-0.39, 0.29) is 5.97 Å². The number of carbonyl (C=O) groups excluding carboxylic acids is 1. The average Bonchev–Trinajstić information content (AvgIpc) is 2.87. The van der Waals surface area contributed by atoms with Gasteiger partial charge in [0.05, 0.1) is 6.61 Å². The lowest BCUT2D eigenvalue weighted by Gasteiger charge is -2.10. The number of nitrogens with zero attached hydrogens (tertiary/aromatic N) is 1. The first-order chi connectivity index (χ1) is 11.1. The molecule has 1 aromatic heterocycles. The van der Waals surface area contributed by atoms with Crippen LogP contribution in [0.25, 0.3) is 10.9 Å². The van der Waals surface area contributed by atoms with Crippen molar-refractivity contribution in [2.24, 2.45) is 0 Å². The predicted octanol–water partition coefficient (Wildman–Crippen LogP) is 5.28. The largest absolute Gasteiger partial charge is 0.461 e. The standard InChI is InChI=1S/C18H15BrClNO2/c1-2-23-18(22)17-10-13-9-14(19)5-8-16(13)21(17)11-12-3-6-15(20)7-4-12/h3-10H,2,11H2,1H3. The molecule has 0 atom stereocenters. The maximum Gasteiger partial charge on any atom is 0.354 e. The van der Waals surface area contributed by atoms with Crippen molar-refractivity contribution in [1.82, 2.24) is 4.57 Å². The third kappa shape index (κ3) is 3.43. The van der Waals surface area contributed by atoms with Gasteiger partial charge < -0.3 is 9.30 Å². The number of esters is 1. The molecule has 3 rings (SSSR count). The Labute approximate surface area is 147 Å². The molecule has 0 spiro atoms. The number of carbonyl (C=O) groups is 1. The number of rotatable bonds is 4. The summed E-state index contributed by atoms with van der Waals surface area (Å²) in [6.07, 6.45) is 0. The number of hydrogen-bond acceptors (Lipinski definition) is 2. The van der Waals surface area contributed by atoms with E-state index in [0.717, 1.165) is 20.9 Å². The van der Waals surface area contributed by atoms with E-state index in [4.69, 9.17) is 16.3 Å². The van der Waals surface area contributed by atoms with Crippen LogP contribution in [0.15, 0.2) is 53.0 Å². The average molecular weight is 393 g/mol. The fourth-order valence-electron chi connectivity index (χ4n) is 2.56. The van der Waals surface area contributed by atoms with Crippen LogP contribution in [0, 0.1) is 0 Å². The molecule has 118 valence electrons. The number of aromatic nitrogens is 1. The van der Waals surface area contributed by atoms with Gasteiger partial charge >= 0.3 is 5.97 Å². The Morgan fingerprint density at radius 2 is 1.91 bits per heavy atom. The van der Waals surface area contributed by atoms with Gasteiger partial charge in [0.1, 0.15) is 5.69 Å². The van der Waals surface area contributed by atoms with Gasteiger partial charge in [-0.15, -0.1) is 0 Å². The third-order valence-electron chi connectivity index (χ3n) is 3.60. The molecule has 3 nitrogen and oxygen atoms in total. The highest BCUT2D eigenvalue weighted by molar-refractivity contribution is 9.10. The van der Waals surface area contributed by atoms with Crippen molar-refractivity contribution in [3.63, 3.8) is 0 Å². The van der Waals surface area contributed by atoms with E-state index >= 15 is 0 Å². The SMILES string of the molecule is CCOC(=O)c1cc2cc(Br)ccc2n1Cc1ccc(Cl)cc1. The molecule has 0 N–H and O–H groups in total. The van der Waals surface area contributed by atoms with Crippen LogP contribution in [0.5, 0.6) is 0 Å².